The Morgan fingerprint density at radius 1 is 1.25 bits per heavy atom. The summed E-state index contributed by atoms with van der Waals surface area (Å²) in [6.07, 6.45) is -0.784. The van der Waals surface area contributed by atoms with Crippen molar-refractivity contribution in [3.8, 4) is 5.75 Å². The minimum absolute atomic E-state index is 0.0424. The first-order valence-electron chi connectivity index (χ1n) is 6.03. The Hall–Kier alpha value is -1.85. The zero-order chi connectivity index (χ0) is 14.5. The van der Waals surface area contributed by atoms with Gasteiger partial charge in [-0.3, -0.25) is 4.79 Å². The lowest BCUT2D eigenvalue weighted by Crippen LogP contribution is -2.15. The van der Waals surface area contributed by atoms with Crippen LogP contribution in [0.25, 0.3) is 0 Å². The van der Waals surface area contributed by atoms with Crippen molar-refractivity contribution in [2.24, 2.45) is 5.73 Å². The van der Waals surface area contributed by atoms with Crippen LogP contribution in [0.3, 0.4) is 0 Å². The molecule has 3 N–H and O–H groups in total. The van der Waals surface area contributed by atoms with Gasteiger partial charge < -0.3 is 15.6 Å². The lowest BCUT2D eigenvalue weighted by atomic mass is 10.1. The second-order valence-electron chi connectivity index (χ2n) is 4.24. The molecule has 5 heteroatoms. The summed E-state index contributed by atoms with van der Waals surface area (Å²) >= 11 is 3.34. The van der Waals surface area contributed by atoms with Crippen molar-refractivity contribution < 1.29 is 14.6 Å². The lowest BCUT2D eigenvalue weighted by molar-refractivity contribution is 0.0967. The van der Waals surface area contributed by atoms with E-state index < -0.39 is 12.0 Å². The van der Waals surface area contributed by atoms with Crippen LogP contribution in [-0.2, 0) is 0 Å². The summed E-state index contributed by atoms with van der Waals surface area (Å²) in [4.78, 5) is 11.3. The van der Waals surface area contributed by atoms with E-state index in [1.807, 2.05) is 18.2 Å². The van der Waals surface area contributed by atoms with Gasteiger partial charge in [0, 0.05) is 4.47 Å². The number of hydrogen-bond donors (Lipinski definition) is 2. The Morgan fingerprint density at radius 2 is 2.00 bits per heavy atom. The molecule has 0 aliphatic heterocycles. The van der Waals surface area contributed by atoms with Gasteiger partial charge >= 0.3 is 0 Å². The topological polar surface area (TPSA) is 72.6 Å². The SMILES string of the molecule is NC(=O)c1ccccc1OCC(O)c1cccc(Br)c1. The van der Waals surface area contributed by atoms with E-state index >= 15 is 0 Å². The predicted molar refractivity (Wildman–Crippen MR) is 79.6 cm³/mol. The molecule has 1 amide bonds. The maximum Gasteiger partial charge on any atom is 0.252 e. The van der Waals surface area contributed by atoms with Crippen molar-refractivity contribution in [3.63, 3.8) is 0 Å². The zero-order valence-electron chi connectivity index (χ0n) is 10.6. The Kier molecular flexibility index (Phi) is 4.76. The molecule has 0 aliphatic rings. The first-order chi connectivity index (χ1) is 9.58. The second-order valence-corrected chi connectivity index (χ2v) is 5.16. The van der Waals surface area contributed by atoms with E-state index in [4.69, 9.17) is 10.5 Å². The third-order valence-corrected chi connectivity index (χ3v) is 3.28. The largest absolute Gasteiger partial charge is 0.490 e. The number of carbonyl (C=O) groups excluding carboxylic acids is 1. The highest BCUT2D eigenvalue weighted by Gasteiger charge is 2.12. The quantitative estimate of drug-likeness (QED) is 0.882. The van der Waals surface area contributed by atoms with E-state index in [0.717, 1.165) is 10.0 Å². The molecule has 2 aromatic carbocycles. The second kappa shape index (κ2) is 6.54. The number of benzene rings is 2. The van der Waals surface area contributed by atoms with E-state index in [0.29, 0.717) is 11.3 Å². The van der Waals surface area contributed by atoms with Crippen LogP contribution in [0.4, 0.5) is 0 Å². The van der Waals surface area contributed by atoms with E-state index in [1.165, 1.54) is 0 Å². The van der Waals surface area contributed by atoms with Crippen LogP contribution in [0.15, 0.2) is 53.0 Å². The highest BCUT2D eigenvalue weighted by molar-refractivity contribution is 9.10. The number of ether oxygens (including phenoxy) is 1. The Morgan fingerprint density at radius 3 is 2.70 bits per heavy atom. The lowest BCUT2D eigenvalue weighted by Gasteiger charge is -2.14. The highest BCUT2D eigenvalue weighted by Crippen LogP contribution is 2.22. The van der Waals surface area contributed by atoms with E-state index in [-0.39, 0.29) is 6.61 Å². The maximum absolute atomic E-state index is 11.3. The Bertz CT molecular complexity index is 616. The zero-order valence-corrected chi connectivity index (χ0v) is 12.2. The van der Waals surface area contributed by atoms with Gasteiger partial charge in [-0.05, 0) is 29.8 Å². The molecule has 4 nitrogen and oxygen atoms in total. The fourth-order valence-electron chi connectivity index (χ4n) is 1.77. The van der Waals surface area contributed by atoms with Gasteiger partial charge in [-0.2, -0.15) is 0 Å². The third-order valence-electron chi connectivity index (χ3n) is 2.78. The van der Waals surface area contributed by atoms with Gasteiger partial charge in [-0.15, -0.1) is 0 Å². The Labute approximate surface area is 125 Å². The molecule has 0 saturated carbocycles. The summed E-state index contributed by atoms with van der Waals surface area (Å²) < 4.78 is 6.37. The minimum Gasteiger partial charge on any atom is -0.490 e. The van der Waals surface area contributed by atoms with Crippen LogP contribution < -0.4 is 10.5 Å². The van der Waals surface area contributed by atoms with Crippen molar-refractivity contribution in [1.29, 1.82) is 0 Å². The number of rotatable bonds is 5. The van der Waals surface area contributed by atoms with Crippen LogP contribution >= 0.6 is 15.9 Å². The minimum atomic E-state index is -0.784. The summed E-state index contributed by atoms with van der Waals surface area (Å²) in [5.74, 6) is -0.188. The predicted octanol–water partition coefficient (Wildman–Crippen LogP) is 2.66. The number of carbonyl (C=O) groups is 1. The molecule has 1 unspecified atom stereocenters. The van der Waals surface area contributed by atoms with Crippen LogP contribution in [-0.4, -0.2) is 17.6 Å². The van der Waals surface area contributed by atoms with Crippen LogP contribution in [0.2, 0.25) is 0 Å². The molecule has 0 aromatic heterocycles. The molecular formula is C15H14BrNO3. The van der Waals surface area contributed by atoms with Crippen molar-refractivity contribution >= 4 is 21.8 Å². The summed E-state index contributed by atoms with van der Waals surface area (Å²) in [5.41, 5.74) is 6.30. The van der Waals surface area contributed by atoms with E-state index in [1.54, 1.807) is 30.3 Å². The summed E-state index contributed by atoms with van der Waals surface area (Å²) in [7, 11) is 0. The number of primary amides is 1. The summed E-state index contributed by atoms with van der Waals surface area (Å²) in [5, 5.41) is 10.1. The van der Waals surface area contributed by atoms with E-state index in [9.17, 15) is 9.90 Å². The normalized spacial score (nSPS) is 11.9. The Balaban J connectivity index is 2.07. The van der Waals surface area contributed by atoms with Crippen molar-refractivity contribution in [2.75, 3.05) is 6.61 Å². The summed E-state index contributed by atoms with van der Waals surface area (Å²) in [6.45, 7) is 0.0424. The third kappa shape index (κ3) is 3.59. The monoisotopic (exact) mass is 335 g/mol. The van der Waals surface area contributed by atoms with Gasteiger partial charge in [0.25, 0.3) is 5.91 Å². The number of para-hydroxylation sites is 1. The van der Waals surface area contributed by atoms with Gasteiger partial charge in [-0.25, -0.2) is 0 Å². The van der Waals surface area contributed by atoms with E-state index in [2.05, 4.69) is 15.9 Å². The number of halogens is 1. The molecule has 1 atom stereocenters. The van der Waals surface area contributed by atoms with Crippen molar-refractivity contribution in [3.05, 3.63) is 64.1 Å². The molecule has 0 bridgehead atoms. The first-order valence-corrected chi connectivity index (χ1v) is 6.82. The number of hydrogen-bond acceptors (Lipinski definition) is 3. The molecule has 0 aliphatic carbocycles. The van der Waals surface area contributed by atoms with Gasteiger partial charge in [0.15, 0.2) is 0 Å². The molecule has 0 fully saturated rings. The fourth-order valence-corrected chi connectivity index (χ4v) is 2.19. The number of aliphatic hydroxyl groups is 1. The molecule has 104 valence electrons. The summed E-state index contributed by atoms with van der Waals surface area (Å²) in [6, 6.07) is 14.0. The fraction of sp³-hybridized carbons (Fsp3) is 0.133. The molecule has 0 radical (unpaired) electrons. The van der Waals surface area contributed by atoms with Crippen LogP contribution in [0.1, 0.15) is 22.0 Å². The van der Waals surface area contributed by atoms with Crippen LogP contribution in [0.5, 0.6) is 5.75 Å². The molecule has 2 aromatic rings. The smallest absolute Gasteiger partial charge is 0.252 e. The van der Waals surface area contributed by atoms with Gasteiger partial charge in [0.1, 0.15) is 18.5 Å². The van der Waals surface area contributed by atoms with Gasteiger partial charge in [0.05, 0.1) is 5.56 Å². The molecule has 20 heavy (non-hydrogen) atoms. The van der Waals surface area contributed by atoms with Gasteiger partial charge in [-0.1, -0.05) is 40.2 Å². The molecular weight excluding hydrogens is 322 g/mol. The molecule has 0 spiro atoms. The standard InChI is InChI=1S/C15H14BrNO3/c16-11-5-3-4-10(8-11)13(18)9-20-14-7-2-1-6-12(14)15(17)19/h1-8,13,18H,9H2,(H2,17,19). The number of amides is 1. The van der Waals surface area contributed by atoms with Gasteiger partial charge in [0.2, 0.25) is 0 Å². The van der Waals surface area contributed by atoms with Crippen molar-refractivity contribution in [2.45, 2.75) is 6.10 Å². The average molecular weight is 336 g/mol. The highest BCUT2D eigenvalue weighted by atomic mass is 79.9. The van der Waals surface area contributed by atoms with Crippen molar-refractivity contribution in [1.82, 2.24) is 0 Å². The molecule has 0 saturated heterocycles. The average Bonchev–Trinajstić information content (AvgIpc) is 2.45. The first kappa shape index (κ1) is 14.6. The molecule has 2 rings (SSSR count). The molecule has 0 heterocycles. The maximum atomic E-state index is 11.3. The van der Waals surface area contributed by atoms with Crippen LogP contribution in [0, 0.1) is 0 Å². The number of aliphatic hydroxyl groups excluding tert-OH is 1. The number of nitrogens with two attached hydrogens (primary N) is 1.